The number of hydrogen-bond donors (Lipinski definition) is 1. The maximum atomic E-state index is 12.2. The second-order valence-electron chi connectivity index (χ2n) is 5.79. The number of benzene rings is 1. The Hall–Kier alpha value is -1.38. The van der Waals surface area contributed by atoms with E-state index in [-0.39, 0.29) is 4.90 Å². The number of nitriles is 1. The SMILES string of the molecule is CCC1CCC(CNS(=O)(=O)c2cccc(C#N)c2)CC1. The fraction of sp³-hybridized carbons (Fsp3) is 0.562. The van der Waals surface area contributed by atoms with Crippen LogP contribution in [0.2, 0.25) is 0 Å². The normalized spacial score (nSPS) is 22.7. The summed E-state index contributed by atoms with van der Waals surface area (Å²) >= 11 is 0. The first-order valence-corrected chi connectivity index (χ1v) is 9.03. The molecule has 0 radical (unpaired) electrons. The number of nitrogens with zero attached hydrogens (tertiary/aromatic N) is 1. The molecular formula is C16H22N2O2S. The van der Waals surface area contributed by atoms with E-state index >= 15 is 0 Å². The van der Waals surface area contributed by atoms with Crippen LogP contribution in [0.1, 0.15) is 44.6 Å². The van der Waals surface area contributed by atoms with Gasteiger partial charge in [0.1, 0.15) is 0 Å². The smallest absolute Gasteiger partial charge is 0.211 e. The zero-order valence-electron chi connectivity index (χ0n) is 12.4. The second kappa shape index (κ2) is 7.06. The van der Waals surface area contributed by atoms with Crippen molar-refractivity contribution in [2.45, 2.75) is 43.9 Å². The summed E-state index contributed by atoms with van der Waals surface area (Å²) in [5, 5.41) is 8.84. The van der Waals surface area contributed by atoms with E-state index in [2.05, 4.69) is 11.6 Å². The summed E-state index contributed by atoms with van der Waals surface area (Å²) in [6, 6.07) is 8.10. The van der Waals surface area contributed by atoms with Gasteiger partial charge < -0.3 is 0 Å². The third-order valence-corrected chi connectivity index (χ3v) is 5.80. The van der Waals surface area contributed by atoms with Gasteiger partial charge in [-0.25, -0.2) is 13.1 Å². The third kappa shape index (κ3) is 4.29. The molecule has 0 aromatic heterocycles. The quantitative estimate of drug-likeness (QED) is 0.909. The van der Waals surface area contributed by atoms with E-state index in [4.69, 9.17) is 5.26 Å². The standard InChI is InChI=1S/C16H22N2O2S/c1-2-13-6-8-14(9-7-13)12-18-21(19,20)16-5-3-4-15(10-16)11-17/h3-5,10,13-14,18H,2,6-9,12H2,1H3. The molecule has 1 N–H and O–H groups in total. The minimum Gasteiger partial charge on any atom is -0.211 e. The molecular weight excluding hydrogens is 284 g/mol. The molecule has 21 heavy (non-hydrogen) atoms. The highest BCUT2D eigenvalue weighted by molar-refractivity contribution is 7.89. The molecule has 1 aromatic rings. The van der Waals surface area contributed by atoms with E-state index in [1.165, 1.54) is 31.4 Å². The summed E-state index contributed by atoms with van der Waals surface area (Å²) in [5.74, 6) is 1.24. The van der Waals surface area contributed by atoms with Gasteiger partial charge in [-0.15, -0.1) is 0 Å². The first-order chi connectivity index (χ1) is 10.0. The van der Waals surface area contributed by atoms with Crippen molar-refractivity contribution in [3.8, 4) is 6.07 Å². The Kier molecular flexibility index (Phi) is 5.38. The van der Waals surface area contributed by atoms with Gasteiger partial charge in [0.15, 0.2) is 0 Å². The molecule has 1 saturated carbocycles. The average Bonchev–Trinajstić information content (AvgIpc) is 2.53. The van der Waals surface area contributed by atoms with E-state index in [1.807, 2.05) is 6.07 Å². The van der Waals surface area contributed by atoms with Crippen molar-refractivity contribution in [2.75, 3.05) is 6.54 Å². The van der Waals surface area contributed by atoms with E-state index < -0.39 is 10.0 Å². The molecule has 5 heteroatoms. The molecule has 0 bridgehead atoms. The first kappa shape index (κ1) is 16.0. The minimum absolute atomic E-state index is 0.170. The summed E-state index contributed by atoms with van der Waals surface area (Å²) in [6.07, 6.45) is 5.82. The molecule has 0 unspecified atom stereocenters. The minimum atomic E-state index is -3.51. The van der Waals surface area contributed by atoms with Gasteiger partial charge in [0.25, 0.3) is 0 Å². The Morgan fingerprint density at radius 1 is 1.24 bits per heavy atom. The Bertz CT molecular complexity index is 611. The third-order valence-electron chi connectivity index (χ3n) is 4.38. The lowest BCUT2D eigenvalue weighted by Gasteiger charge is -2.27. The molecule has 1 fully saturated rings. The largest absolute Gasteiger partial charge is 0.240 e. The predicted molar refractivity (Wildman–Crippen MR) is 82.1 cm³/mol. The molecule has 0 saturated heterocycles. The summed E-state index contributed by atoms with van der Waals surface area (Å²) in [5.41, 5.74) is 0.362. The Labute approximate surface area is 127 Å². The van der Waals surface area contributed by atoms with Crippen molar-refractivity contribution in [3.63, 3.8) is 0 Å². The highest BCUT2D eigenvalue weighted by Gasteiger charge is 2.22. The average molecular weight is 306 g/mol. The van der Waals surface area contributed by atoms with Gasteiger partial charge in [-0.2, -0.15) is 5.26 Å². The van der Waals surface area contributed by atoms with Crippen molar-refractivity contribution in [1.82, 2.24) is 4.72 Å². The van der Waals surface area contributed by atoms with E-state index in [1.54, 1.807) is 12.1 Å². The highest BCUT2D eigenvalue weighted by atomic mass is 32.2. The monoisotopic (exact) mass is 306 g/mol. The summed E-state index contributed by atoms with van der Waals surface area (Å²) in [4.78, 5) is 0.170. The molecule has 2 rings (SSSR count). The van der Waals surface area contributed by atoms with Crippen LogP contribution in [0.3, 0.4) is 0 Å². The highest BCUT2D eigenvalue weighted by Crippen LogP contribution is 2.30. The fourth-order valence-corrected chi connectivity index (χ4v) is 4.05. The van der Waals surface area contributed by atoms with Crippen LogP contribution in [0.4, 0.5) is 0 Å². The molecule has 1 aromatic carbocycles. The predicted octanol–water partition coefficient (Wildman–Crippen LogP) is 3.05. The summed E-state index contributed by atoms with van der Waals surface area (Å²) < 4.78 is 27.2. The van der Waals surface area contributed by atoms with Crippen molar-refractivity contribution in [1.29, 1.82) is 5.26 Å². The lowest BCUT2D eigenvalue weighted by atomic mass is 9.81. The number of nitrogens with one attached hydrogen (secondary N) is 1. The van der Waals surface area contributed by atoms with Gasteiger partial charge in [0, 0.05) is 6.54 Å². The van der Waals surface area contributed by atoms with Gasteiger partial charge >= 0.3 is 0 Å². The lowest BCUT2D eigenvalue weighted by Crippen LogP contribution is -2.31. The van der Waals surface area contributed by atoms with Crippen LogP contribution in [0.25, 0.3) is 0 Å². The van der Waals surface area contributed by atoms with Gasteiger partial charge in [-0.1, -0.05) is 32.3 Å². The van der Waals surface area contributed by atoms with Gasteiger partial charge in [-0.05, 0) is 42.9 Å². The van der Waals surface area contributed by atoms with Crippen molar-refractivity contribution in [2.24, 2.45) is 11.8 Å². The molecule has 1 aliphatic rings. The molecule has 0 atom stereocenters. The molecule has 1 aliphatic carbocycles. The van der Waals surface area contributed by atoms with Gasteiger partial charge in [0.2, 0.25) is 10.0 Å². The zero-order valence-corrected chi connectivity index (χ0v) is 13.2. The number of rotatable bonds is 5. The molecule has 0 aliphatic heterocycles. The first-order valence-electron chi connectivity index (χ1n) is 7.55. The maximum absolute atomic E-state index is 12.2. The van der Waals surface area contributed by atoms with Crippen LogP contribution in [-0.2, 0) is 10.0 Å². The van der Waals surface area contributed by atoms with Crippen LogP contribution >= 0.6 is 0 Å². The van der Waals surface area contributed by atoms with Gasteiger partial charge in [-0.3, -0.25) is 0 Å². The molecule has 0 heterocycles. The van der Waals surface area contributed by atoms with Crippen LogP contribution in [-0.4, -0.2) is 15.0 Å². The summed E-state index contributed by atoms with van der Waals surface area (Å²) in [6.45, 7) is 2.71. The Balaban J connectivity index is 1.94. The second-order valence-corrected chi connectivity index (χ2v) is 7.55. The van der Waals surface area contributed by atoms with Crippen LogP contribution in [0, 0.1) is 23.2 Å². The van der Waals surface area contributed by atoms with Gasteiger partial charge in [0.05, 0.1) is 16.5 Å². The lowest BCUT2D eigenvalue weighted by molar-refractivity contribution is 0.270. The van der Waals surface area contributed by atoms with Crippen LogP contribution in [0.15, 0.2) is 29.2 Å². The molecule has 4 nitrogen and oxygen atoms in total. The molecule has 0 amide bonds. The number of hydrogen-bond acceptors (Lipinski definition) is 3. The Morgan fingerprint density at radius 2 is 1.90 bits per heavy atom. The van der Waals surface area contributed by atoms with Crippen LogP contribution in [0.5, 0.6) is 0 Å². The van der Waals surface area contributed by atoms with Crippen molar-refractivity contribution in [3.05, 3.63) is 29.8 Å². The molecule has 0 spiro atoms. The van der Waals surface area contributed by atoms with Crippen molar-refractivity contribution >= 4 is 10.0 Å². The molecule has 114 valence electrons. The summed E-state index contributed by atoms with van der Waals surface area (Å²) in [7, 11) is -3.51. The van der Waals surface area contributed by atoms with E-state index in [0.717, 1.165) is 18.8 Å². The van der Waals surface area contributed by atoms with E-state index in [0.29, 0.717) is 18.0 Å². The van der Waals surface area contributed by atoms with Crippen molar-refractivity contribution < 1.29 is 8.42 Å². The zero-order chi connectivity index (χ0) is 15.3. The number of sulfonamides is 1. The maximum Gasteiger partial charge on any atom is 0.240 e. The van der Waals surface area contributed by atoms with E-state index in [9.17, 15) is 8.42 Å². The Morgan fingerprint density at radius 3 is 2.52 bits per heavy atom. The van der Waals surface area contributed by atoms with Crippen LogP contribution < -0.4 is 4.72 Å². The fourth-order valence-electron chi connectivity index (χ4n) is 2.89. The topological polar surface area (TPSA) is 70.0 Å².